The number of Topliss-reactive ketones (excluding diaryl/α,β-unsaturated/α-hetero) is 2. The summed E-state index contributed by atoms with van der Waals surface area (Å²) in [4.78, 5) is 59.4. The van der Waals surface area contributed by atoms with Crippen molar-refractivity contribution in [2.45, 2.75) is 71.1 Å². The number of carbonyl (C=O) groups is 5. The van der Waals surface area contributed by atoms with Crippen molar-refractivity contribution in [2.24, 2.45) is 0 Å². The van der Waals surface area contributed by atoms with Crippen LogP contribution in [0.1, 0.15) is 82.9 Å². The average Bonchev–Trinajstić information content (AvgIpc) is 2.96. The number of ether oxygens (including phenoxy) is 2. The summed E-state index contributed by atoms with van der Waals surface area (Å²) < 4.78 is 10.4. The molecule has 0 spiro atoms. The number of unbranched alkanes of at least 4 members (excludes halogenated alkanes) is 2. The van der Waals surface area contributed by atoms with Crippen LogP contribution in [0.5, 0.6) is 0 Å². The molecule has 0 atom stereocenters. The van der Waals surface area contributed by atoms with E-state index >= 15 is 0 Å². The van der Waals surface area contributed by atoms with E-state index in [1.807, 2.05) is 7.05 Å². The fraction of sp³-hybridized carbons (Fsp3) is 0.567. The Kier molecular flexibility index (Phi) is 25.9. The number of amides is 3. The van der Waals surface area contributed by atoms with Gasteiger partial charge in [0, 0.05) is 64.3 Å². The predicted molar refractivity (Wildman–Crippen MR) is 157 cm³/mol. The zero-order valence-corrected chi connectivity index (χ0v) is 36.0. The second kappa shape index (κ2) is 26.0. The van der Waals surface area contributed by atoms with Crippen LogP contribution < -0.4 is 127 Å². The number of nitrogens with one attached hydrogen (secondary N) is 2. The van der Waals surface area contributed by atoms with Gasteiger partial charge in [-0.2, -0.15) is 0 Å². The maximum atomic E-state index is 12.9. The maximum absolute atomic E-state index is 12.9. The average molecular weight is 744 g/mol. The molecule has 0 unspecified atom stereocenters. The minimum Gasteiger partial charge on any atom is -0.651 e. The second-order valence-corrected chi connectivity index (χ2v) is 9.79. The molecular formula is C30H44N4O7Rb2. The molecule has 1 aromatic rings. The van der Waals surface area contributed by atoms with E-state index < -0.39 is 24.3 Å². The Labute approximate surface area is 354 Å². The molecule has 0 aliphatic heterocycles. The normalized spacial score (nSPS) is 12.2. The Morgan fingerprint density at radius 1 is 0.884 bits per heavy atom. The van der Waals surface area contributed by atoms with E-state index in [2.05, 4.69) is 21.3 Å². The van der Waals surface area contributed by atoms with Gasteiger partial charge < -0.3 is 45.1 Å². The van der Waals surface area contributed by atoms with Crippen molar-refractivity contribution in [2.75, 3.05) is 40.0 Å². The fourth-order valence-corrected chi connectivity index (χ4v) is 4.24. The molecule has 13 heteroatoms. The third-order valence-corrected chi connectivity index (χ3v) is 6.39. The van der Waals surface area contributed by atoms with Gasteiger partial charge in [0.05, 0.1) is 18.4 Å². The number of hydrogen-bond acceptors (Lipinski definition) is 8. The van der Waals surface area contributed by atoms with Crippen LogP contribution in [0.4, 0.5) is 10.5 Å². The molecule has 0 heterocycles. The van der Waals surface area contributed by atoms with Crippen molar-refractivity contribution in [3.05, 3.63) is 51.7 Å². The largest absolute Gasteiger partial charge is 1.00 e. The summed E-state index contributed by atoms with van der Waals surface area (Å²) in [6.45, 7) is 2.91. The molecular weight excluding hydrogens is 699 g/mol. The molecule has 43 heavy (non-hydrogen) atoms. The van der Waals surface area contributed by atoms with Crippen LogP contribution in [0.15, 0.2) is 35.5 Å². The standard InChI is InChI=1S/C30H44N4O7.2Rb.H2/c1-22(35)9-4-3-7-16-33-30(39)41-19-8-18-40-20-17-32-27(36)21-28(37)34-24-14-12-23(13-15-24)29(38)25-10-5-6-11-26(25)31-2;;;/h12-15H,3-11,16-21H2,1-2H3,(H4,31,32,33,34,36,37,38,39);;;1H/q;2*+1;/p-2. The SMILES string of the molecule is CNC1=C(C(=O)c2ccc([N-]C(=O)CC(=O)[N-]CCOCCCOC(=O)NCCCCCC(C)=O)cc2)CCCC1.[HH].[Rb+].[Rb+]. The van der Waals surface area contributed by atoms with Gasteiger partial charge in [-0.15, -0.1) is 12.2 Å². The van der Waals surface area contributed by atoms with E-state index in [-0.39, 0.29) is 149 Å². The summed E-state index contributed by atoms with van der Waals surface area (Å²) in [5.41, 5.74) is 2.69. The topological polar surface area (TPSA) is 156 Å². The van der Waals surface area contributed by atoms with Crippen LogP contribution in [-0.2, 0) is 23.9 Å². The molecule has 2 rings (SSSR count). The van der Waals surface area contributed by atoms with E-state index in [1.165, 1.54) is 0 Å². The number of allylic oxidation sites excluding steroid dienone is 2. The van der Waals surface area contributed by atoms with Gasteiger partial charge in [0.2, 0.25) is 0 Å². The molecule has 2 N–H and O–H groups in total. The molecule has 1 aliphatic carbocycles. The van der Waals surface area contributed by atoms with Crippen LogP contribution in [0.2, 0.25) is 0 Å². The minimum atomic E-state index is -0.613. The van der Waals surface area contributed by atoms with E-state index in [0.717, 1.165) is 56.2 Å². The molecule has 11 nitrogen and oxygen atoms in total. The predicted octanol–water partition coefficient (Wildman–Crippen LogP) is -0.725. The number of ketones is 2. The maximum Gasteiger partial charge on any atom is 1.00 e. The monoisotopic (exact) mass is 742 g/mol. The number of alkyl carbamates (subject to hydrolysis) is 1. The van der Waals surface area contributed by atoms with Crippen molar-refractivity contribution >= 4 is 35.2 Å². The van der Waals surface area contributed by atoms with Crippen LogP contribution in [0.3, 0.4) is 0 Å². The van der Waals surface area contributed by atoms with Crippen molar-refractivity contribution in [3.8, 4) is 0 Å². The molecule has 228 valence electrons. The number of hydrogen-bond donors (Lipinski definition) is 2. The van der Waals surface area contributed by atoms with Gasteiger partial charge in [-0.3, -0.25) is 4.79 Å². The number of carbonyl (C=O) groups excluding carboxylic acids is 5. The van der Waals surface area contributed by atoms with Crippen molar-refractivity contribution in [3.63, 3.8) is 0 Å². The molecule has 0 saturated carbocycles. The third-order valence-electron chi connectivity index (χ3n) is 6.39. The van der Waals surface area contributed by atoms with E-state index in [4.69, 9.17) is 9.47 Å². The van der Waals surface area contributed by atoms with E-state index in [0.29, 0.717) is 37.2 Å². The smallest absolute Gasteiger partial charge is 0.651 e. The van der Waals surface area contributed by atoms with Gasteiger partial charge in [-0.1, -0.05) is 30.7 Å². The van der Waals surface area contributed by atoms with Crippen LogP contribution in [0, 0.1) is 0 Å². The first-order valence-corrected chi connectivity index (χ1v) is 14.3. The number of benzene rings is 1. The van der Waals surface area contributed by atoms with Gasteiger partial charge in [0.1, 0.15) is 5.78 Å². The first kappa shape index (κ1) is 42.9. The summed E-state index contributed by atoms with van der Waals surface area (Å²) in [5.74, 6) is -1.05. The quantitative estimate of drug-likeness (QED) is 0.107. The zero-order valence-electron chi connectivity index (χ0n) is 26.2. The summed E-state index contributed by atoms with van der Waals surface area (Å²) >= 11 is 0. The van der Waals surface area contributed by atoms with Gasteiger partial charge in [-0.05, 0) is 45.4 Å². The fourth-order valence-electron chi connectivity index (χ4n) is 4.24. The first-order chi connectivity index (χ1) is 19.8. The summed E-state index contributed by atoms with van der Waals surface area (Å²) in [7, 11) is 1.83. The van der Waals surface area contributed by atoms with Crippen LogP contribution in [-0.4, -0.2) is 69.4 Å². The van der Waals surface area contributed by atoms with Crippen LogP contribution in [0.25, 0.3) is 10.6 Å². The number of rotatable bonds is 19. The molecule has 0 fully saturated rings. The molecule has 0 radical (unpaired) electrons. The zero-order chi connectivity index (χ0) is 29.9. The van der Waals surface area contributed by atoms with Gasteiger partial charge in [0.25, 0.3) is 0 Å². The molecule has 3 amide bonds. The minimum absolute atomic E-state index is 0. The van der Waals surface area contributed by atoms with Gasteiger partial charge in [0.15, 0.2) is 5.78 Å². The summed E-state index contributed by atoms with van der Waals surface area (Å²) in [6, 6.07) is 6.47. The molecule has 1 aliphatic rings. The Bertz CT molecular complexity index is 1070. The van der Waals surface area contributed by atoms with Crippen LogP contribution >= 0.6 is 0 Å². The molecule has 0 aromatic heterocycles. The Balaban J connectivity index is 0. The van der Waals surface area contributed by atoms with E-state index in [9.17, 15) is 24.0 Å². The summed E-state index contributed by atoms with van der Waals surface area (Å²) in [6.07, 6.45) is 6.28. The summed E-state index contributed by atoms with van der Waals surface area (Å²) in [5, 5.41) is 13.5. The molecule has 0 bridgehead atoms. The van der Waals surface area contributed by atoms with E-state index in [1.54, 1.807) is 31.2 Å². The third kappa shape index (κ3) is 19.2. The van der Waals surface area contributed by atoms with Crippen molar-refractivity contribution in [1.29, 1.82) is 0 Å². The van der Waals surface area contributed by atoms with Crippen molar-refractivity contribution < 1.29 is 151 Å². The second-order valence-electron chi connectivity index (χ2n) is 9.79. The molecule has 1 aromatic carbocycles. The van der Waals surface area contributed by atoms with Gasteiger partial charge in [-0.25, -0.2) is 4.79 Å². The molecule has 0 saturated heterocycles. The van der Waals surface area contributed by atoms with Crippen molar-refractivity contribution in [1.82, 2.24) is 10.6 Å². The number of nitrogens with zero attached hydrogens (tertiary/aromatic N) is 2. The first-order valence-electron chi connectivity index (χ1n) is 14.3. The Morgan fingerprint density at radius 3 is 2.30 bits per heavy atom. The van der Waals surface area contributed by atoms with Gasteiger partial charge >= 0.3 is 122 Å². The Hall–Kier alpha value is -0.120. The Morgan fingerprint density at radius 2 is 1.60 bits per heavy atom.